The van der Waals surface area contributed by atoms with Crippen LogP contribution < -0.4 is 10.6 Å². The molecule has 0 fully saturated rings. The molecule has 0 spiro atoms. The minimum absolute atomic E-state index is 0.0221. The Morgan fingerprint density at radius 3 is 2.60 bits per heavy atom. The number of aromatic nitrogens is 3. The van der Waals surface area contributed by atoms with Crippen molar-refractivity contribution in [1.82, 2.24) is 15.0 Å². The molecule has 3 N–H and O–H groups in total. The first-order valence-corrected chi connectivity index (χ1v) is 8.28. The summed E-state index contributed by atoms with van der Waals surface area (Å²) < 4.78 is 0. The van der Waals surface area contributed by atoms with Gasteiger partial charge in [-0.1, -0.05) is 29.3 Å². The molecular weight excluding hydrogens is 361 g/mol. The van der Waals surface area contributed by atoms with Gasteiger partial charge in [-0.3, -0.25) is 4.98 Å². The zero-order valence-corrected chi connectivity index (χ0v) is 14.6. The topological polar surface area (TPSA) is 83.0 Å². The summed E-state index contributed by atoms with van der Waals surface area (Å²) in [5.41, 5.74) is 2.24. The van der Waals surface area contributed by atoms with Gasteiger partial charge in [-0.2, -0.15) is 4.98 Å². The molecule has 3 rings (SSSR count). The maximum atomic E-state index is 9.01. The molecule has 0 amide bonds. The first-order valence-electron chi connectivity index (χ1n) is 7.52. The van der Waals surface area contributed by atoms with Crippen molar-refractivity contribution in [2.24, 2.45) is 0 Å². The van der Waals surface area contributed by atoms with E-state index in [1.54, 1.807) is 30.6 Å². The third-order valence-electron chi connectivity index (χ3n) is 3.31. The fraction of sp³-hybridized carbons (Fsp3) is 0.118. The van der Waals surface area contributed by atoms with Gasteiger partial charge in [0.05, 0.1) is 28.0 Å². The number of halogens is 2. The second-order valence-electron chi connectivity index (χ2n) is 5.07. The van der Waals surface area contributed by atoms with Crippen molar-refractivity contribution in [3.05, 3.63) is 58.8 Å². The average molecular weight is 376 g/mol. The van der Waals surface area contributed by atoms with Crippen molar-refractivity contribution in [2.75, 3.05) is 23.8 Å². The highest BCUT2D eigenvalue weighted by molar-refractivity contribution is 6.43. The minimum Gasteiger partial charge on any atom is -0.395 e. The molecule has 8 heteroatoms. The predicted octanol–water partition coefficient (Wildman–Crippen LogP) is 3.99. The van der Waals surface area contributed by atoms with Crippen LogP contribution in [-0.2, 0) is 0 Å². The summed E-state index contributed by atoms with van der Waals surface area (Å²) >= 11 is 12.3. The number of nitrogens with one attached hydrogen (secondary N) is 2. The van der Waals surface area contributed by atoms with E-state index in [1.165, 1.54) is 0 Å². The second kappa shape index (κ2) is 8.11. The van der Waals surface area contributed by atoms with Gasteiger partial charge in [0.2, 0.25) is 5.95 Å². The SMILES string of the molecule is OCCNc1nc(Nc2cccc(Cl)c2Cl)cc(-c2ccncc2)n1. The summed E-state index contributed by atoms with van der Waals surface area (Å²) in [6.45, 7) is 0.322. The van der Waals surface area contributed by atoms with Gasteiger partial charge in [-0.15, -0.1) is 0 Å². The summed E-state index contributed by atoms with van der Waals surface area (Å²) in [5.74, 6) is 0.940. The third kappa shape index (κ3) is 4.36. The highest BCUT2D eigenvalue weighted by atomic mass is 35.5. The van der Waals surface area contributed by atoms with Gasteiger partial charge >= 0.3 is 0 Å². The summed E-state index contributed by atoms with van der Waals surface area (Å²) in [5, 5.41) is 16.0. The lowest BCUT2D eigenvalue weighted by Gasteiger charge is -2.12. The maximum Gasteiger partial charge on any atom is 0.225 e. The Hall–Kier alpha value is -2.41. The van der Waals surface area contributed by atoms with Crippen LogP contribution in [0.15, 0.2) is 48.8 Å². The minimum atomic E-state index is -0.0221. The lowest BCUT2D eigenvalue weighted by atomic mass is 10.2. The van der Waals surface area contributed by atoms with Gasteiger partial charge < -0.3 is 15.7 Å². The zero-order chi connectivity index (χ0) is 17.6. The van der Waals surface area contributed by atoms with Crippen LogP contribution in [0.5, 0.6) is 0 Å². The molecule has 0 aliphatic heterocycles. The van der Waals surface area contributed by atoms with Gasteiger partial charge in [-0.25, -0.2) is 4.98 Å². The molecule has 128 valence electrons. The van der Waals surface area contributed by atoms with Gasteiger partial charge in [0.25, 0.3) is 0 Å². The van der Waals surface area contributed by atoms with E-state index in [9.17, 15) is 0 Å². The van der Waals surface area contributed by atoms with Gasteiger partial charge in [0.1, 0.15) is 5.82 Å². The van der Waals surface area contributed by atoms with Crippen LogP contribution in [0.3, 0.4) is 0 Å². The van der Waals surface area contributed by atoms with E-state index < -0.39 is 0 Å². The lowest BCUT2D eigenvalue weighted by molar-refractivity contribution is 0.311. The van der Waals surface area contributed by atoms with Crippen LogP contribution in [0, 0.1) is 0 Å². The fourth-order valence-electron chi connectivity index (χ4n) is 2.17. The van der Waals surface area contributed by atoms with Crippen molar-refractivity contribution in [3.8, 4) is 11.3 Å². The number of aliphatic hydroxyl groups excluding tert-OH is 1. The Bertz CT molecular complexity index is 861. The Balaban J connectivity index is 1.98. The van der Waals surface area contributed by atoms with E-state index in [0.717, 1.165) is 5.56 Å². The number of anilines is 3. The standard InChI is InChI=1S/C17H15Cl2N5O/c18-12-2-1-3-13(16(12)19)22-15-10-14(11-4-6-20-7-5-11)23-17(24-15)21-8-9-25/h1-7,10,25H,8-9H2,(H2,21,22,23,24). The fourth-order valence-corrected chi connectivity index (χ4v) is 2.51. The largest absolute Gasteiger partial charge is 0.395 e. The summed E-state index contributed by atoms with van der Waals surface area (Å²) in [4.78, 5) is 12.9. The van der Waals surface area contributed by atoms with E-state index in [2.05, 4.69) is 25.6 Å². The molecule has 0 radical (unpaired) electrons. The maximum absolute atomic E-state index is 9.01. The molecule has 0 aliphatic carbocycles. The number of rotatable bonds is 6. The third-order valence-corrected chi connectivity index (χ3v) is 4.13. The molecule has 3 aromatic rings. The van der Waals surface area contributed by atoms with Crippen molar-refractivity contribution >= 4 is 40.7 Å². The van der Waals surface area contributed by atoms with Gasteiger partial charge in [-0.05, 0) is 24.3 Å². The van der Waals surface area contributed by atoms with Crippen LogP contribution >= 0.6 is 23.2 Å². The molecule has 25 heavy (non-hydrogen) atoms. The molecule has 2 heterocycles. The molecule has 1 aromatic carbocycles. The number of nitrogens with zero attached hydrogens (tertiary/aromatic N) is 3. The van der Waals surface area contributed by atoms with Crippen LogP contribution in [0.2, 0.25) is 10.0 Å². The first-order chi connectivity index (χ1) is 12.2. The highest BCUT2D eigenvalue weighted by Crippen LogP contribution is 2.32. The number of hydrogen-bond donors (Lipinski definition) is 3. The molecule has 6 nitrogen and oxygen atoms in total. The first kappa shape index (κ1) is 17.4. The molecule has 0 aliphatic rings. The van der Waals surface area contributed by atoms with Gasteiger partial charge in [0.15, 0.2) is 0 Å². The van der Waals surface area contributed by atoms with Crippen LogP contribution in [0.1, 0.15) is 0 Å². The van der Waals surface area contributed by atoms with E-state index >= 15 is 0 Å². The molecule has 0 bridgehead atoms. The Morgan fingerprint density at radius 1 is 1.04 bits per heavy atom. The monoisotopic (exact) mass is 375 g/mol. The predicted molar refractivity (Wildman–Crippen MR) is 101 cm³/mol. The van der Waals surface area contributed by atoms with Crippen molar-refractivity contribution in [2.45, 2.75) is 0 Å². The number of benzene rings is 1. The zero-order valence-electron chi connectivity index (χ0n) is 13.1. The Labute approximate surface area is 154 Å². The van der Waals surface area contributed by atoms with E-state index in [4.69, 9.17) is 28.3 Å². The summed E-state index contributed by atoms with van der Waals surface area (Å²) in [6, 6.07) is 10.8. The number of pyridine rings is 1. The average Bonchev–Trinajstić information content (AvgIpc) is 2.64. The Kier molecular flexibility index (Phi) is 5.65. The van der Waals surface area contributed by atoms with E-state index in [-0.39, 0.29) is 6.61 Å². The van der Waals surface area contributed by atoms with E-state index in [1.807, 2.05) is 18.2 Å². The van der Waals surface area contributed by atoms with Crippen LogP contribution in [0.4, 0.5) is 17.5 Å². The molecule has 0 saturated heterocycles. The van der Waals surface area contributed by atoms with Crippen LogP contribution in [-0.4, -0.2) is 33.2 Å². The van der Waals surface area contributed by atoms with Gasteiger partial charge in [0, 0.05) is 30.6 Å². The number of aliphatic hydroxyl groups is 1. The van der Waals surface area contributed by atoms with Crippen molar-refractivity contribution in [1.29, 1.82) is 0 Å². The Morgan fingerprint density at radius 2 is 1.84 bits per heavy atom. The lowest BCUT2D eigenvalue weighted by Crippen LogP contribution is -2.10. The molecule has 0 atom stereocenters. The quantitative estimate of drug-likeness (QED) is 0.603. The smallest absolute Gasteiger partial charge is 0.225 e. The summed E-state index contributed by atoms with van der Waals surface area (Å²) in [7, 11) is 0. The van der Waals surface area contributed by atoms with Crippen molar-refractivity contribution in [3.63, 3.8) is 0 Å². The normalized spacial score (nSPS) is 10.5. The molecule has 2 aromatic heterocycles. The van der Waals surface area contributed by atoms with Crippen LogP contribution in [0.25, 0.3) is 11.3 Å². The highest BCUT2D eigenvalue weighted by Gasteiger charge is 2.10. The van der Waals surface area contributed by atoms with Crippen molar-refractivity contribution < 1.29 is 5.11 Å². The molecule has 0 saturated carbocycles. The van der Waals surface area contributed by atoms with E-state index in [0.29, 0.717) is 39.7 Å². The second-order valence-corrected chi connectivity index (χ2v) is 5.86. The molecule has 0 unspecified atom stereocenters. The number of hydrogen-bond acceptors (Lipinski definition) is 6. The molecular formula is C17H15Cl2N5O. The summed E-state index contributed by atoms with van der Waals surface area (Å²) in [6.07, 6.45) is 3.39.